The van der Waals surface area contributed by atoms with Crippen molar-refractivity contribution in [1.29, 1.82) is 0 Å². The van der Waals surface area contributed by atoms with Gasteiger partial charge in [0.2, 0.25) is 5.91 Å². The average Bonchev–Trinajstić information content (AvgIpc) is 3.18. The summed E-state index contributed by atoms with van der Waals surface area (Å²) in [7, 11) is 2.06. The number of hydrogen-bond acceptors (Lipinski definition) is 6. The summed E-state index contributed by atoms with van der Waals surface area (Å²) in [4.78, 5) is 28.2. The molecule has 0 saturated carbocycles. The lowest BCUT2D eigenvalue weighted by atomic mass is 9.83. The van der Waals surface area contributed by atoms with Crippen LogP contribution in [0.4, 0.5) is 11.4 Å². The van der Waals surface area contributed by atoms with Crippen molar-refractivity contribution in [2.75, 3.05) is 31.6 Å². The number of nitrogens with zero attached hydrogens (tertiary/aromatic N) is 3. The Bertz CT molecular complexity index is 851. The molecule has 1 amide bonds. The topological polar surface area (TPSA) is 91.9 Å². The lowest BCUT2D eigenvalue weighted by Crippen LogP contribution is -2.60. The molecule has 2 aliphatic heterocycles. The molecule has 4 rings (SSSR count). The summed E-state index contributed by atoms with van der Waals surface area (Å²) in [6.45, 7) is 2.82. The summed E-state index contributed by atoms with van der Waals surface area (Å²) in [5.74, 6) is 0.388. The molecule has 2 aliphatic rings. The number of fused-ring (bicyclic) bond motifs is 3. The Morgan fingerprint density at radius 1 is 1.37 bits per heavy atom. The van der Waals surface area contributed by atoms with Gasteiger partial charge in [0.1, 0.15) is 5.76 Å². The van der Waals surface area contributed by atoms with Crippen molar-refractivity contribution in [2.24, 2.45) is 5.92 Å². The van der Waals surface area contributed by atoms with Gasteiger partial charge in [-0.2, -0.15) is 0 Å². The number of carbonyl (C=O) groups excluding carboxylic acids is 1. The Morgan fingerprint density at radius 3 is 2.96 bits per heavy atom. The third kappa shape index (κ3) is 3.40. The number of nitro groups is 1. The van der Waals surface area contributed by atoms with Gasteiger partial charge in [0.15, 0.2) is 0 Å². The van der Waals surface area contributed by atoms with E-state index in [0.717, 1.165) is 30.9 Å². The largest absolute Gasteiger partial charge is 0.467 e. The molecule has 0 aliphatic carbocycles. The molecule has 0 spiro atoms. The van der Waals surface area contributed by atoms with Gasteiger partial charge < -0.3 is 19.5 Å². The Kier molecular flexibility index (Phi) is 4.57. The first-order valence-corrected chi connectivity index (χ1v) is 9.05. The second-order valence-electron chi connectivity index (χ2n) is 7.20. The number of benzene rings is 1. The number of amides is 1. The van der Waals surface area contributed by atoms with Gasteiger partial charge in [-0.25, -0.2) is 0 Å². The number of carbonyl (C=O) groups is 1. The highest BCUT2D eigenvalue weighted by Crippen LogP contribution is 2.37. The van der Waals surface area contributed by atoms with E-state index >= 15 is 0 Å². The normalized spacial score (nSPS) is 22.0. The Balaban J connectivity index is 1.61. The number of nitro benzene ring substituents is 1. The molecular formula is C19H22N4O4. The van der Waals surface area contributed by atoms with Crippen molar-refractivity contribution in [2.45, 2.75) is 19.0 Å². The maximum atomic E-state index is 13.0. The highest BCUT2D eigenvalue weighted by Gasteiger charge is 2.41. The van der Waals surface area contributed by atoms with Gasteiger partial charge in [-0.05, 0) is 37.2 Å². The molecule has 1 saturated heterocycles. The van der Waals surface area contributed by atoms with E-state index in [-0.39, 0.29) is 28.5 Å². The van der Waals surface area contributed by atoms with E-state index in [4.69, 9.17) is 4.42 Å². The first kappa shape index (κ1) is 17.5. The fourth-order valence-corrected chi connectivity index (χ4v) is 4.09. The van der Waals surface area contributed by atoms with Crippen molar-refractivity contribution in [3.63, 3.8) is 0 Å². The molecule has 0 radical (unpaired) electrons. The monoisotopic (exact) mass is 370 g/mol. The average molecular weight is 370 g/mol. The zero-order chi connectivity index (χ0) is 19.0. The van der Waals surface area contributed by atoms with Gasteiger partial charge in [-0.3, -0.25) is 14.9 Å². The number of anilines is 1. The molecule has 1 fully saturated rings. The van der Waals surface area contributed by atoms with Crippen molar-refractivity contribution < 1.29 is 14.1 Å². The van der Waals surface area contributed by atoms with Gasteiger partial charge in [-0.1, -0.05) is 0 Å². The molecule has 0 bridgehead atoms. The molecule has 2 atom stereocenters. The standard InChI is InChI=1S/C19H22N4O4/c1-21-6-7-22-17-5-4-14(23(25)26)9-13(17)10-16(18(22)12-21)19(24)20-11-15-3-2-8-27-15/h2-5,8-9,16,18H,6-7,10-12H2,1H3,(H,20,24)/t16-,18+/m0/s1. The number of furan rings is 1. The fourth-order valence-electron chi connectivity index (χ4n) is 4.09. The van der Waals surface area contributed by atoms with Crippen LogP contribution < -0.4 is 10.2 Å². The van der Waals surface area contributed by atoms with Crippen LogP contribution in [0.1, 0.15) is 11.3 Å². The minimum atomic E-state index is -0.387. The lowest BCUT2D eigenvalue weighted by molar-refractivity contribution is -0.384. The molecule has 1 aromatic heterocycles. The van der Waals surface area contributed by atoms with Gasteiger partial charge in [-0.15, -0.1) is 0 Å². The number of hydrogen-bond donors (Lipinski definition) is 1. The Hall–Kier alpha value is -2.87. The maximum Gasteiger partial charge on any atom is 0.269 e. The van der Waals surface area contributed by atoms with Crippen LogP contribution in [-0.2, 0) is 17.8 Å². The number of piperazine rings is 1. The third-order valence-electron chi connectivity index (χ3n) is 5.46. The van der Waals surface area contributed by atoms with E-state index in [9.17, 15) is 14.9 Å². The van der Waals surface area contributed by atoms with Crippen molar-refractivity contribution >= 4 is 17.3 Å². The molecule has 2 aromatic rings. The minimum Gasteiger partial charge on any atom is -0.467 e. The molecule has 0 unspecified atom stereocenters. The van der Waals surface area contributed by atoms with Crippen LogP contribution in [0.15, 0.2) is 41.0 Å². The zero-order valence-electron chi connectivity index (χ0n) is 15.1. The molecule has 1 N–H and O–H groups in total. The van der Waals surface area contributed by atoms with Gasteiger partial charge in [0, 0.05) is 37.5 Å². The minimum absolute atomic E-state index is 0.0474. The van der Waals surface area contributed by atoms with E-state index in [1.165, 1.54) is 0 Å². The van der Waals surface area contributed by atoms with Crippen molar-refractivity contribution in [3.8, 4) is 0 Å². The van der Waals surface area contributed by atoms with Crippen molar-refractivity contribution in [1.82, 2.24) is 10.2 Å². The molecule has 8 nitrogen and oxygen atoms in total. The predicted molar refractivity (Wildman–Crippen MR) is 99.5 cm³/mol. The zero-order valence-corrected chi connectivity index (χ0v) is 15.1. The van der Waals surface area contributed by atoms with Crippen LogP contribution in [0.3, 0.4) is 0 Å². The second-order valence-corrected chi connectivity index (χ2v) is 7.20. The fraction of sp³-hybridized carbons (Fsp3) is 0.421. The van der Waals surface area contributed by atoms with Gasteiger partial charge >= 0.3 is 0 Å². The molecule has 1 aromatic carbocycles. The second kappa shape index (κ2) is 7.03. The molecule has 3 heterocycles. The highest BCUT2D eigenvalue weighted by atomic mass is 16.6. The first-order valence-electron chi connectivity index (χ1n) is 9.05. The van der Waals surface area contributed by atoms with E-state index in [1.54, 1.807) is 24.5 Å². The van der Waals surface area contributed by atoms with Crippen molar-refractivity contribution in [3.05, 3.63) is 58.0 Å². The lowest BCUT2D eigenvalue weighted by Gasteiger charge is -2.48. The number of nitrogens with one attached hydrogen (secondary N) is 1. The number of likely N-dealkylation sites (N-methyl/N-ethyl adjacent to an activating group) is 1. The smallest absolute Gasteiger partial charge is 0.269 e. The van der Waals surface area contributed by atoms with Crippen LogP contribution in [0.2, 0.25) is 0 Å². The number of non-ortho nitro benzene ring substituents is 1. The summed E-state index contributed by atoms with van der Waals surface area (Å²) in [6.07, 6.45) is 2.07. The van der Waals surface area contributed by atoms with Gasteiger partial charge in [0.05, 0.1) is 29.7 Å². The summed E-state index contributed by atoms with van der Waals surface area (Å²) >= 11 is 0. The summed E-state index contributed by atoms with van der Waals surface area (Å²) in [5.41, 5.74) is 1.94. The number of rotatable bonds is 4. The summed E-state index contributed by atoms with van der Waals surface area (Å²) in [6, 6.07) is 8.63. The SMILES string of the molecule is CN1CCN2c3ccc([N+](=O)[O-])cc3C[C@H](C(=O)NCc3ccco3)[C@H]2C1. The molecule has 27 heavy (non-hydrogen) atoms. The van der Waals surface area contributed by atoms with Crippen LogP contribution >= 0.6 is 0 Å². The quantitative estimate of drug-likeness (QED) is 0.652. The summed E-state index contributed by atoms with van der Waals surface area (Å²) in [5, 5.41) is 14.1. The van der Waals surface area contributed by atoms with E-state index in [1.807, 2.05) is 12.1 Å². The molecule has 142 valence electrons. The maximum absolute atomic E-state index is 13.0. The van der Waals surface area contributed by atoms with Crippen LogP contribution in [0, 0.1) is 16.0 Å². The predicted octanol–water partition coefficient (Wildman–Crippen LogP) is 1.80. The molecular weight excluding hydrogens is 348 g/mol. The molecule has 8 heteroatoms. The Morgan fingerprint density at radius 2 is 2.22 bits per heavy atom. The Labute approximate surface area is 156 Å². The summed E-state index contributed by atoms with van der Waals surface area (Å²) < 4.78 is 5.28. The third-order valence-corrected chi connectivity index (χ3v) is 5.46. The van der Waals surface area contributed by atoms with E-state index < -0.39 is 0 Å². The highest BCUT2D eigenvalue weighted by molar-refractivity contribution is 5.82. The van der Waals surface area contributed by atoms with E-state index in [0.29, 0.717) is 18.7 Å². The van der Waals surface area contributed by atoms with Crippen LogP contribution in [0.5, 0.6) is 0 Å². The van der Waals surface area contributed by atoms with E-state index in [2.05, 4.69) is 22.2 Å². The van der Waals surface area contributed by atoms with Gasteiger partial charge in [0.25, 0.3) is 5.69 Å². The van der Waals surface area contributed by atoms with Crippen LogP contribution in [0.25, 0.3) is 0 Å². The van der Waals surface area contributed by atoms with Crippen LogP contribution in [-0.4, -0.2) is 48.5 Å². The first-order chi connectivity index (χ1) is 13.0.